The Morgan fingerprint density at radius 3 is 2.48 bits per heavy atom. The average molecular weight is 368 g/mol. The summed E-state index contributed by atoms with van der Waals surface area (Å²) in [5, 5.41) is 0. The van der Waals surface area contributed by atoms with E-state index in [1.54, 1.807) is 13.4 Å². The topological polar surface area (TPSA) is 67.3 Å². The molecule has 2 aromatic heterocycles. The molecular formula is C20H28N6O. The first-order chi connectivity index (χ1) is 13.2. The van der Waals surface area contributed by atoms with Gasteiger partial charge in [-0.1, -0.05) is 13.8 Å². The first kappa shape index (κ1) is 17.9. The smallest absolute Gasteiger partial charge is 0.218 e. The number of methoxy groups -OCH3 is 1. The molecule has 1 saturated heterocycles. The minimum atomic E-state index is 0.348. The zero-order chi connectivity index (χ0) is 18.8. The van der Waals surface area contributed by atoms with E-state index in [2.05, 4.69) is 38.6 Å². The van der Waals surface area contributed by atoms with E-state index in [0.717, 1.165) is 43.4 Å². The number of ether oxygens (including phenoxy) is 1. The molecular weight excluding hydrogens is 340 g/mol. The first-order valence-corrected chi connectivity index (χ1v) is 9.88. The van der Waals surface area contributed by atoms with E-state index < -0.39 is 0 Å². The van der Waals surface area contributed by atoms with Gasteiger partial charge >= 0.3 is 0 Å². The molecule has 2 aliphatic rings. The van der Waals surface area contributed by atoms with Crippen molar-refractivity contribution in [3.8, 4) is 5.88 Å². The molecule has 3 heterocycles. The molecule has 0 radical (unpaired) electrons. The fraction of sp³-hybridized carbons (Fsp3) is 0.600. The van der Waals surface area contributed by atoms with Gasteiger partial charge in [-0.2, -0.15) is 0 Å². The van der Waals surface area contributed by atoms with Crippen molar-refractivity contribution in [2.24, 2.45) is 0 Å². The summed E-state index contributed by atoms with van der Waals surface area (Å²) in [7, 11) is 1.65. The van der Waals surface area contributed by atoms with Crippen molar-refractivity contribution in [1.82, 2.24) is 19.9 Å². The number of hydrogen-bond acceptors (Lipinski definition) is 7. The molecule has 0 unspecified atom stereocenters. The van der Waals surface area contributed by atoms with Crippen molar-refractivity contribution < 1.29 is 4.74 Å². The summed E-state index contributed by atoms with van der Waals surface area (Å²) >= 11 is 0. The number of rotatable bonds is 6. The quantitative estimate of drug-likeness (QED) is 0.776. The standard InChI is InChI=1S/C20H28N6O/c1-14(2)20-21-9-6-17(24-20)25-10-7-16(8-11-25)26(15-4-5-15)18-12-19(27-3)23-13-22-18/h6,9,12-16H,4-5,7-8,10-11H2,1-3H3. The highest BCUT2D eigenvalue weighted by atomic mass is 16.5. The first-order valence-electron chi connectivity index (χ1n) is 9.88. The van der Waals surface area contributed by atoms with Crippen LogP contribution in [0.5, 0.6) is 5.88 Å². The van der Waals surface area contributed by atoms with E-state index in [9.17, 15) is 0 Å². The fourth-order valence-corrected chi connectivity index (χ4v) is 3.80. The molecule has 2 aromatic rings. The number of anilines is 2. The molecule has 144 valence electrons. The van der Waals surface area contributed by atoms with Crippen LogP contribution in [0.4, 0.5) is 11.6 Å². The zero-order valence-electron chi connectivity index (χ0n) is 16.4. The molecule has 0 bridgehead atoms. The Morgan fingerprint density at radius 1 is 1.07 bits per heavy atom. The summed E-state index contributed by atoms with van der Waals surface area (Å²) in [5.41, 5.74) is 0. The minimum Gasteiger partial charge on any atom is -0.481 e. The average Bonchev–Trinajstić information content (AvgIpc) is 3.54. The van der Waals surface area contributed by atoms with Gasteiger partial charge in [-0.15, -0.1) is 0 Å². The second-order valence-corrected chi connectivity index (χ2v) is 7.70. The predicted octanol–water partition coefficient (Wildman–Crippen LogP) is 3.04. The lowest BCUT2D eigenvalue weighted by atomic mass is 10.0. The van der Waals surface area contributed by atoms with Crippen LogP contribution in [-0.2, 0) is 0 Å². The van der Waals surface area contributed by atoms with Crippen molar-refractivity contribution in [2.75, 3.05) is 30.0 Å². The van der Waals surface area contributed by atoms with Crippen molar-refractivity contribution >= 4 is 11.6 Å². The number of nitrogens with zero attached hydrogens (tertiary/aromatic N) is 6. The number of piperidine rings is 1. The molecule has 7 heteroatoms. The highest BCUT2D eigenvalue weighted by Gasteiger charge is 2.36. The van der Waals surface area contributed by atoms with Crippen LogP contribution >= 0.6 is 0 Å². The number of aromatic nitrogens is 4. The Balaban J connectivity index is 1.46. The van der Waals surface area contributed by atoms with Crippen LogP contribution in [0.1, 0.15) is 51.3 Å². The lowest BCUT2D eigenvalue weighted by Crippen LogP contribution is -2.46. The van der Waals surface area contributed by atoms with Crippen molar-refractivity contribution in [1.29, 1.82) is 0 Å². The van der Waals surface area contributed by atoms with Crippen LogP contribution in [-0.4, -0.2) is 52.2 Å². The van der Waals surface area contributed by atoms with Gasteiger partial charge in [0.25, 0.3) is 0 Å². The molecule has 2 fully saturated rings. The van der Waals surface area contributed by atoms with E-state index in [1.807, 2.05) is 18.3 Å². The minimum absolute atomic E-state index is 0.348. The van der Waals surface area contributed by atoms with Gasteiger partial charge in [0.05, 0.1) is 7.11 Å². The van der Waals surface area contributed by atoms with Gasteiger partial charge < -0.3 is 14.5 Å². The molecule has 1 saturated carbocycles. The van der Waals surface area contributed by atoms with Gasteiger partial charge in [0, 0.05) is 43.4 Å². The SMILES string of the molecule is COc1cc(N(C2CC2)C2CCN(c3ccnc(C(C)C)n3)CC2)ncn1. The van der Waals surface area contributed by atoms with Crippen LogP contribution in [0.25, 0.3) is 0 Å². The van der Waals surface area contributed by atoms with Gasteiger partial charge in [0.2, 0.25) is 5.88 Å². The maximum atomic E-state index is 5.30. The normalized spacial score (nSPS) is 18.0. The van der Waals surface area contributed by atoms with Crippen molar-refractivity contribution in [2.45, 2.75) is 57.5 Å². The third kappa shape index (κ3) is 3.96. The van der Waals surface area contributed by atoms with Crippen LogP contribution < -0.4 is 14.5 Å². The molecule has 0 spiro atoms. The van der Waals surface area contributed by atoms with E-state index in [-0.39, 0.29) is 0 Å². The maximum absolute atomic E-state index is 5.30. The Morgan fingerprint density at radius 2 is 1.81 bits per heavy atom. The molecule has 27 heavy (non-hydrogen) atoms. The third-order valence-electron chi connectivity index (χ3n) is 5.40. The number of hydrogen-bond donors (Lipinski definition) is 0. The van der Waals surface area contributed by atoms with E-state index in [4.69, 9.17) is 9.72 Å². The summed E-state index contributed by atoms with van der Waals surface area (Å²) in [5.74, 6) is 3.94. The summed E-state index contributed by atoms with van der Waals surface area (Å²) in [6.45, 7) is 6.28. The second kappa shape index (κ2) is 7.66. The summed E-state index contributed by atoms with van der Waals surface area (Å²) in [4.78, 5) is 22.7. The second-order valence-electron chi connectivity index (χ2n) is 7.70. The summed E-state index contributed by atoms with van der Waals surface area (Å²) < 4.78 is 5.30. The Labute approximate surface area is 160 Å². The van der Waals surface area contributed by atoms with Gasteiger partial charge in [0.1, 0.15) is 23.8 Å². The van der Waals surface area contributed by atoms with Crippen LogP contribution in [0, 0.1) is 0 Å². The maximum Gasteiger partial charge on any atom is 0.218 e. The Hall–Kier alpha value is -2.44. The predicted molar refractivity (Wildman–Crippen MR) is 105 cm³/mol. The summed E-state index contributed by atoms with van der Waals surface area (Å²) in [6.07, 6.45) is 8.18. The lowest BCUT2D eigenvalue weighted by Gasteiger charge is -2.40. The van der Waals surface area contributed by atoms with Crippen molar-refractivity contribution in [3.05, 3.63) is 30.5 Å². The molecule has 4 rings (SSSR count). The third-order valence-corrected chi connectivity index (χ3v) is 5.40. The largest absolute Gasteiger partial charge is 0.481 e. The van der Waals surface area contributed by atoms with Gasteiger partial charge in [0.15, 0.2) is 0 Å². The molecule has 0 N–H and O–H groups in total. The molecule has 0 aromatic carbocycles. The highest BCUT2D eigenvalue weighted by molar-refractivity contribution is 5.46. The van der Waals surface area contributed by atoms with E-state index in [0.29, 0.717) is 23.9 Å². The van der Waals surface area contributed by atoms with Crippen LogP contribution in [0.2, 0.25) is 0 Å². The van der Waals surface area contributed by atoms with Gasteiger partial charge in [-0.05, 0) is 31.7 Å². The Kier molecular flexibility index (Phi) is 5.09. The van der Waals surface area contributed by atoms with Crippen LogP contribution in [0.3, 0.4) is 0 Å². The van der Waals surface area contributed by atoms with Crippen LogP contribution in [0.15, 0.2) is 24.7 Å². The van der Waals surface area contributed by atoms with Crippen molar-refractivity contribution in [3.63, 3.8) is 0 Å². The molecule has 1 aliphatic heterocycles. The van der Waals surface area contributed by atoms with E-state index in [1.165, 1.54) is 12.8 Å². The Bertz CT molecular complexity index is 771. The van der Waals surface area contributed by atoms with Gasteiger partial charge in [-0.25, -0.2) is 19.9 Å². The summed E-state index contributed by atoms with van der Waals surface area (Å²) in [6, 6.07) is 5.09. The molecule has 7 nitrogen and oxygen atoms in total. The van der Waals surface area contributed by atoms with E-state index >= 15 is 0 Å². The fourth-order valence-electron chi connectivity index (χ4n) is 3.80. The highest BCUT2D eigenvalue weighted by Crippen LogP contribution is 2.36. The monoisotopic (exact) mass is 368 g/mol. The lowest BCUT2D eigenvalue weighted by molar-refractivity contribution is 0.395. The van der Waals surface area contributed by atoms with Gasteiger partial charge in [-0.3, -0.25) is 0 Å². The zero-order valence-corrected chi connectivity index (χ0v) is 16.4. The molecule has 0 atom stereocenters. The molecule has 1 aliphatic carbocycles. The molecule has 0 amide bonds.